The third-order valence-electron chi connectivity index (χ3n) is 4.98. The zero-order valence-corrected chi connectivity index (χ0v) is 16.0. The van der Waals surface area contributed by atoms with Gasteiger partial charge in [-0.2, -0.15) is 0 Å². The normalized spacial score (nSPS) is 16.8. The number of aryl methyl sites for hydroxylation is 2. The smallest absolute Gasteiger partial charge is 0.0556 e. The van der Waals surface area contributed by atoms with Gasteiger partial charge in [0.15, 0.2) is 0 Å². The van der Waals surface area contributed by atoms with Crippen molar-refractivity contribution in [2.24, 2.45) is 0 Å². The third kappa shape index (κ3) is 2.27. The molecule has 0 aromatic heterocycles. The van der Waals surface area contributed by atoms with Gasteiger partial charge in [0.05, 0.1) is 8.80 Å². The summed E-state index contributed by atoms with van der Waals surface area (Å²) in [5.41, 5.74) is 11.4. The van der Waals surface area contributed by atoms with Crippen molar-refractivity contribution in [3.8, 4) is 11.1 Å². The van der Waals surface area contributed by atoms with Crippen LogP contribution in [0.2, 0.25) is 13.1 Å². The van der Waals surface area contributed by atoms with Crippen LogP contribution in [0.3, 0.4) is 0 Å². The summed E-state index contributed by atoms with van der Waals surface area (Å²) in [7, 11) is -0.417. The lowest BCUT2D eigenvalue weighted by molar-refractivity contribution is 0.586. The Kier molecular flexibility index (Phi) is 3.60. The molecule has 1 aliphatic carbocycles. The molecule has 0 fully saturated rings. The van der Waals surface area contributed by atoms with E-state index < -0.39 is 8.80 Å². The van der Waals surface area contributed by atoms with E-state index in [1.165, 1.54) is 27.8 Å². The molecule has 1 heteroatoms. The van der Waals surface area contributed by atoms with Crippen molar-refractivity contribution in [2.45, 2.75) is 58.7 Å². The molecule has 0 saturated heterocycles. The van der Waals surface area contributed by atoms with Crippen LogP contribution in [0.25, 0.3) is 11.1 Å². The zero-order chi connectivity index (χ0) is 16.2. The molecule has 0 heterocycles. The summed E-state index contributed by atoms with van der Waals surface area (Å²) in [4.78, 5) is 0. The van der Waals surface area contributed by atoms with Gasteiger partial charge >= 0.3 is 0 Å². The molecule has 1 unspecified atom stereocenters. The van der Waals surface area contributed by atoms with Gasteiger partial charge in [-0.3, -0.25) is 0 Å². The average molecular weight is 308 g/mol. The largest absolute Gasteiger partial charge is 0.0705 e. The fraction of sp³-hybridized carbons (Fsp3) is 0.429. The van der Waals surface area contributed by atoms with Gasteiger partial charge in [0.25, 0.3) is 0 Å². The Hall–Kier alpha value is -1.34. The second-order valence-electron chi connectivity index (χ2n) is 8.05. The topological polar surface area (TPSA) is 0 Å². The van der Waals surface area contributed by atoms with E-state index in [0.29, 0.717) is 5.54 Å². The molecule has 0 spiro atoms. The molecule has 1 aliphatic rings. The molecule has 0 N–H and O–H groups in total. The standard InChI is InChI=1S/C21H27Si/c1-13-9-8-10-15-19(13)16-12-18(21(3,4)5)14(2)11-17(16)20(15)22(6)7/h8-12,20H,1-7H3. The molecule has 2 aromatic carbocycles. The Balaban J connectivity index is 2.34. The van der Waals surface area contributed by atoms with Crippen LogP contribution >= 0.6 is 0 Å². The SMILES string of the molecule is Cc1cc2c(cc1C(C)(C)C)-c1c(C)cccc1C2[Si](C)C. The second-order valence-corrected chi connectivity index (χ2v) is 10.8. The van der Waals surface area contributed by atoms with E-state index in [9.17, 15) is 0 Å². The highest BCUT2D eigenvalue weighted by Crippen LogP contribution is 2.49. The van der Waals surface area contributed by atoms with Gasteiger partial charge in [-0.1, -0.05) is 64.2 Å². The van der Waals surface area contributed by atoms with Gasteiger partial charge in [0, 0.05) is 5.54 Å². The maximum Gasteiger partial charge on any atom is 0.0556 e. The highest BCUT2D eigenvalue weighted by Gasteiger charge is 2.33. The highest BCUT2D eigenvalue weighted by molar-refractivity contribution is 6.59. The van der Waals surface area contributed by atoms with Crippen LogP contribution < -0.4 is 0 Å². The summed E-state index contributed by atoms with van der Waals surface area (Å²) < 4.78 is 0. The summed E-state index contributed by atoms with van der Waals surface area (Å²) in [6.45, 7) is 16.4. The summed E-state index contributed by atoms with van der Waals surface area (Å²) >= 11 is 0. The maximum atomic E-state index is 2.49. The van der Waals surface area contributed by atoms with Crippen molar-refractivity contribution in [1.29, 1.82) is 0 Å². The molecule has 0 nitrogen and oxygen atoms in total. The van der Waals surface area contributed by atoms with Gasteiger partial charge in [0.2, 0.25) is 0 Å². The molecule has 22 heavy (non-hydrogen) atoms. The van der Waals surface area contributed by atoms with Crippen molar-refractivity contribution in [1.82, 2.24) is 0 Å². The maximum absolute atomic E-state index is 2.49. The van der Waals surface area contributed by atoms with Gasteiger partial charge in [-0.05, 0) is 58.2 Å². The van der Waals surface area contributed by atoms with Gasteiger partial charge < -0.3 is 0 Å². The van der Waals surface area contributed by atoms with Crippen LogP contribution in [0, 0.1) is 13.8 Å². The number of fused-ring (bicyclic) bond motifs is 3. The van der Waals surface area contributed by atoms with Crippen LogP contribution in [-0.4, -0.2) is 8.80 Å². The first kappa shape index (κ1) is 15.5. The van der Waals surface area contributed by atoms with E-state index in [1.807, 2.05) is 0 Å². The Morgan fingerprint density at radius 3 is 2.18 bits per heavy atom. The quantitative estimate of drug-likeness (QED) is 0.566. The molecule has 0 amide bonds. The molecular weight excluding hydrogens is 280 g/mol. The summed E-state index contributed by atoms with van der Waals surface area (Å²) in [6.07, 6.45) is 0. The molecule has 1 atom stereocenters. The van der Waals surface area contributed by atoms with E-state index in [1.54, 1.807) is 11.1 Å². The van der Waals surface area contributed by atoms with E-state index in [0.717, 1.165) is 0 Å². The minimum Gasteiger partial charge on any atom is -0.0705 e. The predicted molar refractivity (Wildman–Crippen MR) is 99.4 cm³/mol. The summed E-state index contributed by atoms with van der Waals surface area (Å²) in [5, 5.41) is 0. The molecular formula is C21H27Si. The highest BCUT2D eigenvalue weighted by atomic mass is 28.3. The van der Waals surface area contributed by atoms with Crippen LogP contribution in [0.15, 0.2) is 30.3 Å². The molecule has 0 aliphatic heterocycles. The minimum absolute atomic E-state index is 0.201. The number of benzene rings is 2. The Bertz CT molecular complexity index is 732. The van der Waals surface area contributed by atoms with Crippen molar-refractivity contribution >= 4 is 8.80 Å². The van der Waals surface area contributed by atoms with Gasteiger partial charge in [-0.25, -0.2) is 0 Å². The lowest BCUT2D eigenvalue weighted by Gasteiger charge is -2.24. The van der Waals surface area contributed by atoms with Crippen LogP contribution in [0.4, 0.5) is 0 Å². The lowest BCUT2D eigenvalue weighted by Crippen LogP contribution is -2.17. The van der Waals surface area contributed by atoms with Crippen LogP contribution in [0.1, 0.15) is 54.1 Å². The van der Waals surface area contributed by atoms with Crippen molar-refractivity contribution < 1.29 is 0 Å². The number of hydrogen-bond acceptors (Lipinski definition) is 0. The second kappa shape index (κ2) is 5.09. The minimum atomic E-state index is -0.417. The van der Waals surface area contributed by atoms with Crippen molar-refractivity contribution in [3.63, 3.8) is 0 Å². The molecule has 1 radical (unpaired) electrons. The molecule has 2 aromatic rings. The van der Waals surface area contributed by atoms with E-state index in [-0.39, 0.29) is 5.41 Å². The zero-order valence-electron chi connectivity index (χ0n) is 15.0. The molecule has 0 saturated carbocycles. The van der Waals surface area contributed by atoms with E-state index >= 15 is 0 Å². The number of rotatable bonds is 1. The number of hydrogen-bond donors (Lipinski definition) is 0. The molecule has 3 rings (SSSR count). The average Bonchev–Trinajstić information content (AvgIpc) is 2.70. The Morgan fingerprint density at radius 2 is 1.59 bits per heavy atom. The Labute approximate surface area is 137 Å². The first-order chi connectivity index (χ1) is 10.2. The van der Waals surface area contributed by atoms with E-state index in [4.69, 9.17) is 0 Å². The summed E-state index contributed by atoms with van der Waals surface area (Å²) in [5.74, 6) is 0. The lowest BCUT2D eigenvalue weighted by atomic mass is 9.82. The Morgan fingerprint density at radius 1 is 0.909 bits per heavy atom. The third-order valence-corrected chi connectivity index (χ3v) is 6.75. The van der Waals surface area contributed by atoms with Gasteiger partial charge in [0.1, 0.15) is 0 Å². The first-order valence-electron chi connectivity index (χ1n) is 8.26. The van der Waals surface area contributed by atoms with E-state index in [2.05, 4.69) is 78.0 Å². The first-order valence-corrected chi connectivity index (χ1v) is 10.8. The summed E-state index contributed by atoms with van der Waals surface area (Å²) in [6, 6.07) is 11.8. The van der Waals surface area contributed by atoms with Crippen LogP contribution in [-0.2, 0) is 5.41 Å². The molecule has 115 valence electrons. The fourth-order valence-electron chi connectivity index (χ4n) is 4.08. The molecule has 0 bridgehead atoms. The van der Waals surface area contributed by atoms with Crippen molar-refractivity contribution in [2.75, 3.05) is 0 Å². The van der Waals surface area contributed by atoms with Crippen LogP contribution in [0.5, 0.6) is 0 Å². The monoisotopic (exact) mass is 307 g/mol. The van der Waals surface area contributed by atoms with Crippen molar-refractivity contribution in [3.05, 3.63) is 58.1 Å². The van der Waals surface area contributed by atoms with Gasteiger partial charge in [-0.15, -0.1) is 0 Å². The predicted octanol–water partition coefficient (Wildman–Crippen LogP) is 6.01. The fourth-order valence-corrected chi connectivity index (χ4v) is 5.81.